The summed E-state index contributed by atoms with van der Waals surface area (Å²) in [7, 11) is 1.63. The molecule has 2 aliphatic heterocycles. The van der Waals surface area contributed by atoms with Crippen LogP contribution >= 0.6 is 0 Å². The van der Waals surface area contributed by atoms with Crippen molar-refractivity contribution in [2.24, 2.45) is 5.92 Å². The van der Waals surface area contributed by atoms with Crippen LogP contribution in [0.4, 0.5) is 0 Å². The van der Waals surface area contributed by atoms with E-state index in [1.807, 2.05) is 24.3 Å². The normalized spacial score (nSPS) is 30.7. The highest BCUT2D eigenvalue weighted by atomic mass is 16.5. The minimum absolute atomic E-state index is 0.00263. The van der Waals surface area contributed by atoms with Gasteiger partial charge in [-0.25, -0.2) is 0 Å². The van der Waals surface area contributed by atoms with Gasteiger partial charge in [-0.2, -0.15) is 0 Å². The summed E-state index contributed by atoms with van der Waals surface area (Å²) in [6.07, 6.45) is 4.04. The van der Waals surface area contributed by atoms with E-state index < -0.39 is 0 Å². The van der Waals surface area contributed by atoms with E-state index in [-0.39, 0.29) is 11.9 Å². The predicted molar refractivity (Wildman–Crippen MR) is 86.7 cm³/mol. The lowest BCUT2D eigenvalue weighted by Gasteiger charge is -2.35. The molecule has 1 N–H and O–H groups in total. The summed E-state index contributed by atoms with van der Waals surface area (Å²) in [5.74, 6) is 1.55. The third kappa shape index (κ3) is 3.21. The maximum atomic E-state index is 12.4. The highest BCUT2D eigenvalue weighted by Gasteiger charge is 2.42. The zero-order valence-electron chi connectivity index (χ0n) is 13.5. The Morgan fingerprint density at radius 1 is 1.26 bits per heavy atom. The molecule has 1 aromatic carbocycles. The minimum atomic E-state index is -0.00263. The molecule has 3 fully saturated rings. The smallest absolute Gasteiger partial charge is 0.251 e. The van der Waals surface area contributed by atoms with E-state index in [4.69, 9.17) is 9.47 Å². The molecule has 23 heavy (non-hydrogen) atoms. The number of fused-ring (bicyclic) bond motifs is 1. The van der Waals surface area contributed by atoms with Gasteiger partial charge in [-0.05, 0) is 49.4 Å². The first-order valence-corrected chi connectivity index (χ1v) is 8.53. The summed E-state index contributed by atoms with van der Waals surface area (Å²) < 4.78 is 11.1. The van der Waals surface area contributed by atoms with Crippen LogP contribution < -0.4 is 10.1 Å². The van der Waals surface area contributed by atoms with E-state index >= 15 is 0 Å². The largest absolute Gasteiger partial charge is 0.497 e. The first kappa shape index (κ1) is 15.0. The van der Waals surface area contributed by atoms with Crippen molar-refractivity contribution in [1.29, 1.82) is 0 Å². The SMILES string of the molecule is COc1ccc(C(=O)N[C@@H]2C[C@H]3CO[C@@H](C4CC4)CN3C2)cc1. The lowest BCUT2D eigenvalue weighted by Crippen LogP contribution is -2.47. The van der Waals surface area contributed by atoms with E-state index in [9.17, 15) is 4.79 Å². The van der Waals surface area contributed by atoms with Gasteiger partial charge < -0.3 is 14.8 Å². The van der Waals surface area contributed by atoms with Crippen molar-refractivity contribution in [3.05, 3.63) is 29.8 Å². The van der Waals surface area contributed by atoms with Crippen molar-refractivity contribution < 1.29 is 14.3 Å². The average Bonchev–Trinajstić information content (AvgIpc) is 3.35. The molecule has 0 radical (unpaired) electrons. The van der Waals surface area contributed by atoms with E-state index in [0.29, 0.717) is 17.7 Å². The second-order valence-electron chi connectivity index (χ2n) is 6.95. The van der Waals surface area contributed by atoms with Crippen LogP contribution in [0.25, 0.3) is 0 Å². The van der Waals surface area contributed by atoms with Gasteiger partial charge in [-0.3, -0.25) is 9.69 Å². The molecule has 2 heterocycles. The second kappa shape index (κ2) is 6.13. The number of morpholine rings is 1. The van der Waals surface area contributed by atoms with E-state index in [2.05, 4.69) is 10.2 Å². The Labute approximate surface area is 136 Å². The van der Waals surface area contributed by atoms with E-state index in [1.165, 1.54) is 12.8 Å². The lowest BCUT2D eigenvalue weighted by molar-refractivity contribution is -0.0581. The number of nitrogens with zero attached hydrogens (tertiary/aromatic N) is 1. The van der Waals surface area contributed by atoms with Gasteiger partial charge in [0.05, 0.1) is 19.8 Å². The van der Waals surface area contributed by atoms with Crippen LogP contribution in [-0.4, -0.2) is 55.8 Å². The van der Waals surface area contributed by atoms with Gasteiger partial charge in [0.1, 0.15) is 5.75 Å². The van der Waals surface area contributed by atoms with Crippen LogP contribution in [0.15, 0.2) is 24.3 Å². The fourth-order valence-electron chi connectivity index (χ4n) is 3.77. The molecule has 124 valence electrons. The Morgan fingerprint density at radius 2 is 2.04 bits per heavy atom. The third-order valence-corrected chi connectivity index (χ3v) is 5.28. The number of carbonyl (C=O) groups is 1. The number of hydrogen-bond donors (Lipinski definition) is 1. The maximum absolute atomic E-state index is 12.4. The number of methoxy groups -OCH3 is 1. The van der Waals surface area contributed by atoms with Crippen LogP contribution in [0.5, 0.6) is 5.75 Å². The van der Waals surface area contributed by atoms with Crippen LogP contribution in [0.2, 0.25) is 0 Å². The molecule has 5 heteroatoms. The summed E-state index contributed by atoms with van der Waals surface area (Å²) in [6.45, 7) is 2.79. The summed E-state index contributed by atoms with van der Waals surface area (Å²) in [5.41, 5.74) is 0.683. The number of rotatable bonds is 4. The second-order valence-corrected chi connectivity index (χ2v) is 6.95. The van der Waals surface area contributed by atoms with Crippen molar-refractivity contribution >= 4 is 5.91 Å². The lowest BCUT2D eigenvalue weighted by atomic mass is 10.1. The van der Waals surface area contributed by atoms with Crippen molar-refractivity contribution in [1.82, 2.24) is 10.2 Å². The Morgan fingerprint density at radius 3 is 2.74 bits per heavy atom. The van der Waals surface area contributed by atoms with Crippen molar-refractivity contribution in [2.45, 2.75) is 37.5 Å². The van der Waals surface area contributed by atoms with Crippen molar-refractivity contribution in [3.63, 3.8) is 0 Å². The Balaban J connectivity index is 1.33. The number of benzene rings is 1. The number of amides is 1. The fourth-order valence-corrected chi connectivity index (χ4v) is 3.77. The van der Waals surface area contributed by atoms with Gasteiger partial charge in [0.15, 0.2) is 0 Å². The van der Waals surface area contributed by atoms with Crippen molar-refractivity contribution in [2.75, 3.05) is 26.8 Å². The van der Waals surface area contributed by atoms with Crippen molar-refractivity contribution in [3.8, 4) is 5.75 Å². The van der Waals surface area contributed by atoms with E-state index in [1.54, 1.807) is 7.11 Å². The Bertz CT molecular complexity index is 570. The highest BCUT2D eigenvalue weighted by molar-refractivity contribution is 5.94. The van der Waals surface area contributed by atoms with Gasteiger partial charge in [-0.1, -0.05) is 0 Å². The first-order valence-electron chi connectivity index (χ1n) is 8.53. The zero-order valence-corrected chi connectivity index (χ0v) is 13.5. The highest BCUT2D eigenvalue weighted by Crippen LogP contribution is 2.37. The van der Waals surface area contributed by atoms with Crippen LogP contribution in [-0.2, 0) is 4.74 Å². The van der Waals surface area contributed by atoms with Crippen LogP contribution in [0.1, 0.15) is 29.6 Å². The van der Waals surface area contributed by atoms with Gasteiger partial charge in [0.2, 0.25) is 0 Å². The molecular weight excluding hydrogens is 292 g/mol. The molecule has 0 unspecified atom stereocenters. The Hall–Kier alpha value is -1.59. The number of hydrogen-bond acceptors (Lipinski definition) is 4. The zero-order chi connectivity index (χ0) is 15.8. The molecule has 3 atom stereocenters. The summed E-state index contributed by atoms with van der Waals surface area (Å²) >= 11 is 0. The predicted octanol–water partition coefficient (Wildman–Crippen LogP) is 1.68. The molecule has 5 nitrogen and oxygen atoms in total. The standard InChI is InChI=1S/C18H24N2O3/c1-22-16-6-4-13(5-7-16)18(21)19-14-8-15-11-23-17(12-2-3-12)10-20(15)9-14/h4-7,12,14-15,17H,2-3,8-11H2,1H3,(H,19,21)/t14-,15+,17-/m1/s1. The molecule has 0 bridgehead atoms. The number of carbonyl (C=O) groups excluding carboxylic acids is 1. The number of nitrogens with one attached hydrogen (secondary N) is 1. The van der Waals surface area contributed by atoms with Gasteiger partial charge >= 0.3 is 0 Å². The molecular formula is C18H24N2O3. The van der Waals surface area contributed by atoms with Crippen LogP contribution in [0, 0.1) is 5.92 Å². The molecule has 0 spiro atoms. The molecule has 1 saturated carbocycles. The third-order valence-electron chi connectivity index (χ3n) is 5.28. The molecule has 2 saturated heterocycles. The van der Waals surface area contributed by atoms with Gasteiger partial charge in [-0.15, -0.1) is 0 Å². The molecule has 1 aromatic rings. The first-order chi connectivity index (χ1) is 11.2. The topological polar surface area (TPSA) is 50.8 Å². The maximum Gasteiger partial charge on any atom is 0.251 e. The Kier molecular flexibility index (Phi) is 3.99. The van der Waals surface area contributed by atoms with Gasteiger partial charge in [0, 0.05) is 30.7 Å². The molecule has 0 aromatic heterocycles. The quantitative estimate of drug-likeness (QED) is 0.918. The average molecular weight is 316 g/mol. The minimum Gasteiger partial charge on any atom is -0.497 e. The van der Waals surface area contributed by atoms with E-state index in [0.717, 1.165) is 37.8 Å². The molecule has 3 aliphatic rings. The monoisotopic (exact) mass is 316 g/mol. The summed E-state index contributed by atoms with van der Waals surface area (Å²) in [6, 6.07) is 7.94. The number of ether oxygens (including phenoxy) is 2. The molecule has 1 aliphatic carbocycles. The molecule has 1 amide bonds. The van der Waals surface area contributed by atoms with Gasteiger partial charge in [0.25, 0.3) is 5.91 Å². The molecule has 4 rings (SSSR count). The fraction of sp³-hybridized carbons (Fsp3) is 0.611. The van der Waals surface area contributed by atoms with Crippen LogP contribution in [0.3, 0.4) is 0 Å². The summed E-state index contributed by atoms with van der Waals surface area (Å²) in [5, 5.41) is 3.17. The summed E-state index contributed by atoms with van der Waals surface area (Å²) in [4.78, 5) is 14.9.